The van der Waals surface area contributed by atoms with Gasteiger partial charge in [0, 0.05) is 13.0 Å². The molecule has 0 unspecified atom stereocenters. The summed E-state index contributed by atoms with van der Waals surface area (Å²) in [6.07, 6.45) is 9.10. The van der Waals surface area contributed by atoms with Gasteiger partial charge < -0.3 is 24.4 Å². The molecule has 1 aliphatic carbocycles. The van der Waals surface area contributed by atoms with Gasteiger partial charge in [-0.3, -0.25) is 4.79 Å². The van der Waals surface area contributed by atoms with Crippen LogP contribution in [-0.4, -0.2) is 59.8 Å². The molecule has 1 saturated carbocycles. The second kappa shape index (κ2) is 18.1. The van der Waals surface area contributed by atoms with Crippen molar-refractivity contribution in [3.05, 3.63) is 48.0 Å². The van der Waals surface area contributed by atoms with E-state index >= 15 is 0 Å². The molecular formula is C31H48O7. The number of aliphatic hydroxyl groups excluding tert-OH is 2. The van der Waals surface area contributed by atoms with Crippen molar-refractivity contribution in [1.82, 2.24) is 0 Å². The lowest BCUT2D eigenvalue weighted by Crippen LogP contribution is -2.26. The van der Waals surface area contributed by atoms with Crippen molar-refractivity contribution in [2.45, 2.75) is 109 Å². The summed E-state index contributed by atoms with van der Waals surface area (Å²) in [7, 11) is 0. The third kappa shape index (κ3) is 12.5. The number of carbonyl (C=O) groups is 2. The summed E-state index contributed by atoms with van der Waals surface area (Å²) in [6, 6.07) is 10.1. The number of aryl methyl sites for hydroxylation is 1. The smallest absolute Gasteiger partial charge is 0.332 e. The number of aliphatic hydroxyl groups is 2. The van der Waals surface area contributed by atoms with Crippen molar-refractivity contribution < 1.29 is 34.0 Å². The number of allylic oxidation sites excluding steroid dienone is 2. The maximum atomic E-state index is 12.4. The lowest BCUT2D eigenvalue weighted by Gasteiger charge is -2.25. The van der Waals surface area contributed by atoms with Crippen molar-refractivity contribution in [1.29, 1.82) is 0 Å². The van der Waals surface area contributed by atoms with Gasteiger partial charge in [0.15, 0.2) is 0 Å². The molecule has 0 aromatic heterocycles. The number of esters is 2. The normalized spacial score (nSPS) is 22.2. The van der Waals surface area contributed by atoms with Crippen molar-refractivity contribution in [2.75, 3.05) is 13.2 Å². The van der Waals surface area contributed by atoms with Gasteiger partial charge in [-0.2, -0.15) is 0 Å². The first-order chi connectivity index (χ1) is 18.3. The molecule has 0 amide bonds. The Morgan fingerprint density at radius 1 is 1.00 bits per heavy atom. The zero-order valence-electron chi connectivity index (χ0n) is 23.4. The van der Waals surface area contributed by atoms with E-state index in [4.69, 9.17) is 14.2 Å². The summed E-state index contributed by atoms with van der Waals surface area (Å²) in [5.74, 6) is -0.655. The fourth-order valence-corrected chi connectivity index (χ4v) is 5.10. The van der Waals surface area contributed by atoms with Gasteiger partial charge in [-0.15, -0.1) is 0 Å². The van der Waals surface area contributed by atoms with Gasteiger partial charge >= 0.3 is 11.9 Å². The first-order valence-electron chi connectivity index (χ1n) is 14.3. The highest BCUT2D eigenvalue weighted by Gasteiger charge is 2.40. The monoisotopic (exact) mass is 532 g/mol. The Morgan fingerprint density at radius 2 is 1.74 bits per heavy atom. The first kappa shape index (κ1) is 32.0. The molecule has 7 nitrogen and oxygen atoms in total. The summed E-state index contributed by atoms with van der Waals surface area (Å²) in [5, 5.41) is 21.3. The number of hydrogen-bond acceptors (Lipinski definition) is 7. The number of rotatable bonds is 18. The SMILES string of the molecule is CCCOCC(=O)O[C@@H](CCc1ccccc1)CC[C@@H]1[C@@H](C/C=C\CCCC(=O)OC(C)C)[C@@H](O)C[C@H]1O. The number of carbonyl (C=O) groups excluding carboxylic acids is 2. The highest BCUT2D eigenvalue weighted by atomic mass is 16.6. The summed E-state index contributed by atoms with van der Waals surface area (Å²) in [4.78, 5) is 24.0. The fraction of sp³-hybridized carbons (Fsp3) is 0.677. The molecule has 214 valence electrons. The molecule has 5 atom stereocenters. The van der Waals surface area contributed by atoms with Crippen LogP contribution in [0, 0.1) is 11.8 Å². The van der Waals surface area contributed by atoms with Gasteiger partial charge in [-0.1, -0.05) is 49.4 Å². The predicted octanol–water partition coefficient (Wildman–Crippen LogP) is 5.16. The number of benzene rings is 1. The van der Waals surface area contributed by atoms with Crippen LogP contribution in [0.15, 0.2) is 42.5 Å². The molecule has 2 rings (SSSR count). The Bertz CT molecular complexity index is 823. The van der Waals surface area contributed by atoms with Crippen molar-refractivity contribution in [3.8, 4) is 0 Å². The summed E-state index contributed by atoms with van der Waals surface area (Å²) < 4.78 is 16.3. The van der Waals surface area contributed by atoms with Gasteiger partial charge in [-0.25, -0.2) is 4.79 Å². The summed E-state index contributed by atoms with van der Waals surface area (Å²) in [5.41, 5.74) is 1.19. The van der Waals surface area contributed by atoms with Crippen LogP contribution in [0.1, 0.15) is 84.1 Å². The van der Waals surface area contributed by atoms with Crippen LogP contribution in [0.5, 0.6) is 0 Å². The Balaban J connectivity index is 1.88. The Morgan fingerprint density at radius 3 is 2.45 bits per heavy atom. The van der Waals surface area contributed by atoms with Crippen LogP contribution < -0.4 is 0 Å². The van der Waals surface area contributed by atoms with Crippen LogP contribution >= 0.6 is 0 Å². The van der Waals surface area contributed by atoms with Crippen LogP contribution in [0.3, 0.4) is 0 Å². The van der Waals surface area contributed by atoms with E-state index < -0.39 is 12.2 Å². The molecule has 7 heteroatoms. The van der Waals surface area contributed by atoms with E-state index in [2.05, 4.69) is 12.1 Å². The number of hydrogen-bond donors (Lipinski definition) is 2. The van der Waals surface area contributed by atoms with Gasteiger partial charge in [-0.05, 0) is 89.0 Å². The van der Waals surface area contributed by atoms with Crippen LogP contribution in [0.4, 0.5) is 0 Å². The van der Waals surface area contributed by atoms with E-state index in [1.807, 2.05) is 51.1 Å². The highest BCUT2D eigenvalue weighted by molar-refractivity contribution is 5.71. The molecule has 0 spiro atoms. The second-order valence-corrected chi connectivity index (χ2v) is 10.6. The third-order valence-corrected chi connectivity index (χ3v) is 7.00. The van der Waals surface area contributed by atoms with Gasteiger partial charge in [0.2, 0.25) is 0 Å². The Kier molecular flexibility index (Phi) is 15.3. The van der Waals surface area contributed by atoms with E-state index in [1.165, 1.54) is 5.56 Å². The lowest BCUT2D eigenvalue weighted by molar-refractivity contribution is -0.155. The van der Waals surface area contributed by atoms with Gasteiger partial charge in [0.05, 0.1) is 18.3 Å². The van der Waals surface area contributed by atoms with E-state index in [0.29, 0.717) is 45.1 Å². The molecule has 0 aliphatic heterocycles. The molecule has 1 fully saturated rings. The first-order valence-corrected chi connectivity index (χ1v) is 14.3. The highest BCUT2D eigenvalue weighted by Crippen LogP contribution is 2.38. The van der Waals surface area contributed by atoms with Crippen LogP contribution in [0.25, 0.3) is 0 Å². The van der Waals surface area contributed by atoms with E-state index in [-0.39, 0.29) is 42.6 Å². The molecule has 2 N–H and O–H groups in total. The second-order valence-electron chi connectivity index (χ2n) is 10.6. The van der Waals surface area contributed by atoms with Crippen LogP contribution in [-0.2, 0) is 30.2 Å². The Hall–Kier alpha value is -2.22. The van der Waals surface area contributed by atoms with Crippen molar-refractivity contribution in [3.63, 3.8) is 0 Å². The minimum Gasteiger partial charge on any atom is -0.463 e. The molecule has 0 bridgehead atoms. The molecule has 0 saturated heterocycles. The predicted molar refractivity (Wildman–Crippen MR) is 147 cm³/mol. The molecule has 0 radical (unpaired) electrons. The zero-order valence-corrected chi connectivity index (χ0v) is 23.4. The lowest BCUT2D eigenvalue weighted by atomic mass is 9.85. The fourth-order valence-electron chi connectivity index (χ4n) is 5.10. The van der Waals surface area contributed by atoms with E-state index in [9.17, 15) is 19.8 Å². The van der Waals surface area contributed by atoms with E-state index in [1.54, 1.807) is 0 Å². The van der Waals surface area contributed by atoms with Crippen molar-refractivity contribution >= 4 is 11.9 Å². The summed E-state index contributed by atoms with van der Waals surface area (Å²) >= 11 is 0. The largest absolute Gasteiger partial charge is 0.463 e. The number of unbranched alkanes of at least 4 members (excludes halogenated alkanes) is 1. The maximum Gasteiger partial charge on any atom is 0.332 e. The number of ether oxygens (including phenoxy) is 3. The Labute approximate surface area is 228 Å². The average Bonchev–Trinajstić information content (AvgIpc) is 3.15. The molecule has 38 heavy (non-hydrogen) atoms. The minimum absolute atomic E-state index is 0.0504. The average molecular weight is 533 g/mol. The molecular weight excluding hydrogens is 484 g/mol. The van der Waals surface area contributed by atoms with Crippen molar-refractivity contribution in [2.24, 2.45) is 11.8 Å². The van der Waals surface area contributed by atoms with Gasteiger partial charge in [0.1, 0.15) is 12.7 Å². The maximum absolute atomic E-state index is 12.4. The molecule has 1 aliphatic rings. The van der Waals surface area contributed by atoms with Crippen LogP contribution in [0.2, 0.25) is 0 Å². The molecule has 1 aromatic rings. The quantitative estimate of drug-likeness (QED) is 0.153. The third-order valence-electron chi connectivity index (χ3n) is 7.00. The minimum atomic E-state index is -0.576. The van der Waals surface area contributed by atoms with E-state index in [0.717, 1.165) is 25.7 Å². The standard InChI is InChI=1S/C31H48O7/c1-4-20-36-22-31(35)38-25(17-16-24-12-8-7-9-13-24)18-19-27-26(28(32)21-29(27)33)14-10-5-6-11-15-30(34)37-23(2)3/h5,7-10,12-13,23,25-29,32-33H,4,6,11,14-22H2,1-3H3/b10-5-/t25-,26+,27+,28-,29+/m0/s1. The molecule has 1 aromatic carbocycles. The summed E-state index contributed by atoms with van der Waals surface area (Å²) in [6.45, 7) is 6.14. The molecule has 0 heterocycles. The zero-order chi connectivity index (χ0) is 27.8. The van der Waals surface area contributed by atoms with Gasteiger partial charge in [0.25, 0.3) is 0 Å². The topological polar surface area (TPSA) is 102 Å².